The Morgan fingerprint density at radius 1 is 1.06 bits per heavy atom. The third-order valence-corrected chi connectivity index (χ3v) is 5.10. The van der Waals surface area contributed by atoms with Crippen molar-refractivity contribution in [1.82, 2.24) is 25.1 Å². The molecule has 0 saturated heterocycles. The summed E-state index contributed by atoms with van der Waals surface area (Å²) in [7, 11) is 1.23. The van der Waals surface area contributed by atoms with Gasteiger partial charge in [0.05, 0.1) is 17.4 Å². The smallest absolute Gasteiger partial charge is 0.342 e. The normalized spacial score (nSPS) is 16.2. The molecule has 32 heavy (non-hydrogen) atoms. The van der Waals surface area contributed by atoms with Crippen LogP contribution in [0.15, 0.2) is 36.5 Å². The molecule has 0 bridgehead atoms. The summed E-state index contributed by atoms with van der Waals surface area (Å²) < 4.78 is 78.3. The second kappa shape index (κ2) is 7.61. The Morgan fingerprint density at radius 2 is 1.78 bits per heavy atom. The fraction of sp³-hybridized carbons (Fsp3) is 0.300. The van der Waals surface area contributed by atoms with Gasteiger partial charge < -0.3 is 5.32 Å². The van der Waals surface area contributed by atoms with Gasteiger partial charge in [-0.3, -0.25) is 19.4 Å². The molecule has 3 heterocycles. The predicted octanol–water partition coefficient (Wildman–Crippen LogP) is 4.33. The van der Waals surface area contributed by atoms with E-state index in [0.29, 0.717) is 24.6 Å². The van der Waals surface area contributed by atoms with Gasteiger partial charge in [0.2, 0.25) is 0 Å². The minimum absolute atomic E-state index is 0.202. The van der Waals surface area contributed by atoms with Crippen LogP contribution in [0.25, 0.3) is 11.3 Å². The molecule has 0 saturated carbocycles. The molecule has 12 heteroatoms. The monoisotopic (exact) mass is 455 g/mol. The first-order valence-electron chi connectivity index (χ1n) is 9.39. The van der Waals surface area contributed by atoms with Crippen molar-refractivity contribution in [2.45, 2.75) is 31.2 Å². The predicted molar refractivity (Wildman–Crippen MR) is 99.2 cm³/mol. The van der Waals surface area contributed by atoms with Crippen molar-refractivity contribution in [3.8, 4) is 11.3 Å². The number of amides is 1. The van der Waals surface area contributed by atoms with E-state index in [1.54, 1.807) is 12.1 Å². The van der Waals surface area contributed by atoms with Crippen LogP contribution in [0.3, 0.4) is 0 Å². The molecule has 1 aliphatic carbocycles. The highest BCUT2D eigenvalue weighted by atomic mass is 19.4. The van der Waals surface area contributed by atoms with Gasteiger partial charge in [-0.05, 0) is 36.6 Å². The van der Waals surface area contributed by atoms with Crippen molar-refractivity contribution in [2.75, 3.05) is 0 Å². The molecule has 0 fully saturated rings. The number of alkyl halides is 6. The van der Waals surface area contributed by atoms with Crippen LogP contribution in [0.2, 0.25) is 0 Å². The first kappa shape index (κ1) is 21.8. The van der Waals surface area contributed by atoms with Crippen LogP contribution in [-0.2, 0) is 25.8 Å². The Hall–Kier alpha value is -3.44. The van der Waals surface area contributed by atoms with E-state index in [2.05, 4.69) is 20.4 Å². The van der Waals surface area contributed by atoms with Gasteiger partial charge in [-0.25, -0.2) is 0 Å². The van der Waals surface area contributed by atoms with Crippen LogP contribution in [0, 0.1) is 0 Å². The molecule has 0 unspecified atom stereocenters. The first-order valence-corrected chi connectivity index (χ1v) is 9.39. The number of halogens is 6. The number of pyridine rings is 2. The van der Waals surface area contributed by atoms with E-state index >= 15 is 0 Å². The number of hydrogen-bond acceptors (Lipinski definition) is 4. The lowest BCUT2D eigenvalue weighted by atomic mass is 10.1. The van der Waals surface area contributed by atoms with E-state index in [1.165, 1.54) is 13.1 Å². The van der Waals surface area contributed by atoms with E-state index in [0.717, 1.165) is 22.5 Å². The van der Waals surface area contributed by atoms with Crippen LogP contribution in [0.5, 0.6) is 0 Å². The maximum atomic E-state index is 13.0. The maximum absolute atomic E-state index is 13.0. The SMILES string of the molecule is Cn1nc(C(F)(F)F)cc1C(=O)N[C@H]1CCc2ccc(-c3ccnc(C(F)(F)F)c3)nc21. The minimum Gasteiger partial charge on any atom is -0.342 e. The molecular formula is C20H15F6N5O. The zero-order valence-electron chi connectivity index (χ0n) is 16.4. The van der Waals surface area contributed by atoms with Crippen LogP contribution in [0.1, 0.15) is 45.6 Å². The lowest BCUT2D eigenvalue weighted by Crippen LogP contribution is -2.29. The third-order valence-electron chi connectivity index (χ3n) is 5.10. The van der Waals surface area contributed by atoms with Crippen molar-refractivity contribution in [3.05, 3.63) is 64.9 Å². The van der Waals surface area contributed by atoms with Crippen molar-refractivity contribution in [3.63, 3.8) is 0 Å². The van der Waals surface area contributed by atoms with Gasteiger partial charge in [0, 0.05) is 24.9 Å². The number of carbonyl (C=O) groups excluding carboxylic acids is 1. The summed E-state index contributed by atoms with van der Waals surface area (Å²) >= 11 is 0. The largest absolute Gasteiger partial charge is 0.435 e. The molecule has 3 aromatic heterocycles. The lowest BCUT2D eigenvalue weighted by molar-refractivity contribution is -0.142. The average Bonchev–Trinajstić information content (AvgIpc) is 3.30. The number of aromatic nitrogens is 4. The number of aryl methyl sites for hydroxylation is 2. The van der Waals surface area contributed by atoms with Gasteiger partial charge in [-0.2, -0.15) is 31.4 Å². The van der Waals surface area contributed by atoms with Crippen molar-refractivity contribution in [1.29, 1.82) is 0 Å². The Morgan fingerprint density at radius 3 is 2.44 bits per heavy atom. The molecular weight excluding hydrogens is 440 g/mol. The molecule has 4 rings (SSSR count). The fourth-order valence-electron chi connectivity index (χ4n) is 3.55. The van der Waals surface area contributed by atoms with Crippen molar-refractivity contribution in [2.24, 2.45) is 7.05 Å². The Bertz CT molecular complexity index is 1180. The van der Waals surface area contributed by atoms with E-state index in [4.69, 9.17) is 0 Å². The van der Waals surface area contributed by atoms with Crippen LogP contribution in [-0.4, -0.2) is 25.7 Å². The second-order valence-corrected chi connectivity index (χ2v) is 7.27. The lowest BCUT2D eigenvalue weighted by Gasteiger charge is -2.14. The van der Waals surface area contributed by atoms with Gasteiger partial charge >= 0.3 is 12.4 Å². The summed E-state index contributed by atoms with van der Waals surface area (Å²) in [5, 5.41) is 5.97. The molecule has 1 aliphatic rings. The fourth-order valence-corrected chi connectivity index (χ4v) is 3.55. The number of nitrogens with one attached hydrogen (secondary N) is 1. The van der Waals surface area contributed by atoms with Gasteiger partial charge in [0.25, 0.3) is 5.91 Å². The maximum Gasteiger partial charge on any atom is 0.435 e. The molecule has 1 amide bonds. The van der Waals surface area contributed by atoms with E-state index in [-0.39, 0.29) is 17.0 Å². The van der Waals surface area contributed by atoms with Crippen molar-refractivity contribution >= 4 is 5.91 Å². The average molecular weight is 455 g/mol. The topological polar surface area (TPSA) is 72.7 Å². The molecule has 1 atom stereocenters. The van der Waals surface area contributed by atoms with E-state index in [1.807, 2.05) is 0 Å². The Kier molecular flexibility index (Phi) is 5.18. The van der Waals surface area contributed by atoms with Gasteiger partial charge in [-0.1, -0.05) is 6.07 Å². The summed E-state index contributed by atoms with van der Waals surface area (Å²) in [6.45, 7) is 0. The molecule has 168 valence electrons. The summed E-state index contributed by atoms with van der Waals surface area (Å²) in [5.74, 6) is -0.760. The van der Waals surface area contributed by atoms with E-state index in [9.17, 15) is 31.1 Å². The number of fused-ring (bicyclic) bond motifs is 1. The Balaban J connectivity index is 1.60. The van der Waals surface area contributed by atoms with Gasteiger partial charge in [0.1, 0.15) is 11.4 Å². The molecule has 0 radical (unpaired) electrons. The Labute approximate surface area is 177 Å². The number of nitrogens with zero attached hydrogens (tertiary/aromatic N) is 4. The molecule has 0 spiro atoms. The van der Waals surface area contributed by atoms with Gasteiger partial charge in [-0.15, -0.1) is 0 Å². The third kappa shape index (κ3) is 4.16. The van der Waals surface area contributed by atoms with Gasteiger partial charge in [0.15, 0.2) is 5.69 Å². The summed E-state index contributed by atoms with van der Waals surface area (Å²) in [5.41, 5.74) is -0.795. The van der Waals surface area contributed by atoms with Crippen LogP contribution < -0.4 is 5.32 Å². The number of carbonyl (C=O) groups is 1. The quantitative estimate of drug-likeness (QED) is 0.597. The zero-order valence-corrected chi connectivity index (χ0v) is 16.4. The summed E-state index contributed by atoms with van der Waals surface area (Å²) in [6, 6.07) is 5.61. The van der Waals surface area contributed by atoms with Crippen LogP contribution in [0.4, 0.5) is 26.3 Å². The molecule has 0 aliphatic heterocycles. The molecule has 3 aromatic rings. The molecule has 1 N–H and O–H groups in total. The second-order valence-electron chi connectivity index (χ2n) is 7.27. The summed E-state index contributed by atoms with van der Waals surface area (Å²) in [6.07, 6.45) is -7.26. The highest BCUT2D eigenvalue weighted by Crippen LogP contribution is 2.34. The number of rotatable bonds is 3. The molecule has 6 nitrogen and oxygen atoms in total. The van der Waals surface area contributed by atoms with Crippen LogP contribution >= 0.6 is 0 Å². The highest BCUT2D eigenvalue weighted by Gasteiger charge is 2.36. The van der Waals surface area contributed by atoms with Crippen molar-refractivity contribution < 1.29 is 31.1 Å². The highest BCUT2D eigenvalue weighted by molar-refractivity contribution is 5.93. The minimum atomic E-state index is -4.69. The zero-order chi connectivity index (χ0) is 23.3. The standard InChI is InChI=1S/C20H15F6N5O/c1-31-14(9-16(30-31)20(24,25)26)18(32)29-13-5-3-10-2-4-12(28-17(10)13)11-6-7-27-15(8-11)19(21,22)23/h2,4,6-9,13H,3,5H2,1H3,(H,29,32)/t13-/m0/s1. The molecule has 0 aromatic carbocycles. The number of hydrogen-bond donors (Lipinski definition) is 1. The summed E-state index contributed by atoms with van der Waals surface area (Å²) in [4.78, 5) is 20.3. The van der Waals surface area contributed by atoms with E-state index < -0.39 is 35.7 Å². The first-order chi connectivity index (χ1) is 14.9.